The van der Waals surface area contributed by atoms with Gasteiger partial charge in [0.1, 0.15) is 0 Å². The van der Waals surface area contributed by atoms with Gasteiger partial charge in [0.15, 0.2) is 5.96 Å². The first-order valence-corrected chi connectivity index (χ1v) is 7.50. The summed E-state index contributed by atoms with van der Waals surface area (Å²) in [6, 6.07) is 8.49. The van der Waals surface area contributed by atoms with Gasteiger partial charge in [0.05, 0.1) is 6.04 Å². The van der Waals surface area contributed by atoms with Crippen LogP contribution in [-0.4, -0.2) is 44.6 Å². The van der Waals surface area contributed by atoms with Gasteiger partial charge >= 0.3 is 0 Å². The Morgan fingerprint density at radius 2 is 2.15 bits per heavy atom. The molecule has 1 saturated heterocycles. The van der Waals surface area contributed by atoms with E-state index in [0.717, 1.165) is 30.6 Å². The maximum Gasteiger partial charge on any atom is 0.190 e. The molecule has 1 aliphatic rings. The van der Waals surface area contributed by atoms with Gasteiger partial charge in [-0.15, -0.1) is 0 Å². The summed E-state index contributed by atoms with van der Waals surface area (Å²) in [6.45, 7) is 3.13. The second-order valence-electron chi connectivity index (χ2n) is 5.02. The average molecular weight is 295 g/mol. The lowest BCUT2D eigenvalue weighted by molar-refractivity contribution is 0.245. The molecule has 0 spiro atoms. The highest BCUT2D eigenvalue weighted by atomic mass is 35.5. The number of rotatable bonds is 4. The Morgan fingerprint density at radius 3 is 2.75 bits per heavy atom. The zero-order valence-corrected chi connectivity index (χ0v) is 13.0. The molecule has 4 nitrogen and oxygen atoms in total. The summed E-state index contributed by atoms with van der Waals surface area (Å²) in [4.78, 5) is 6.68. The zero-order valence-electron chi connectivity index (χ0n) is 12.2. The molecule has 1 atom stereocenters. The molecule has 0 radical (unpaired) electrons. The predicted octanol–water partition coefficient (Wildman–Crippen LogP) is 2.27. The third-order valence-electron chi connectivity index (χ3n) is 3.74. The number of nitrogens with one attached hydrogen (secondary N) is 2. The van der Waals surface area contributed by atoms with Gasteiger partial charge in [-0.25, -0.2) is 0 Å². The first-order valence-electron chi connectivity index (χ1n) is 7.12. The molecule has 0 aromatic heterocycles. The second kappa shape index (κ2) is 7.50. The van der Waals surface area contributed by atoms with Crippen molar-refractivity contribution in [2.45, 2.75) is 18.9 Å². The Balaban J connectivity index is 2.12. The Bertz CT molecular complexity index is 455. The van der Waals surface area contributed by atoms with Crippen LogP contribution in [0, 0.1) is 0 Å². The van der Waals surface area contributed by atoms with Crippen LogP contribution in [-0.2, 0) is 0 Å². The van der Waals surface area contributed by atoms with Crippen molar-refractivity contribution >= 4 is 17.6 Å². The number of guanidine groups is 1. The lowest BCUT2D eigenvalue weighted by Crippen LogP contribution is -2.41. The van der Waals surface area contributed by atoms with E-state index in [1.165, 1.54) is 18.4 Å². The zero-order chi connectivity index (χ0) is 14.4. The third kappa shape index (κ3) is 3.87. The molecular formula is C15H23ClN4. The van der Waals surface area contributed by atoms with Gasteiger partial charge < -0.3 is 10.6 Å². The first-order chi connectivity index (χ1) is 9.74. The van der Waals surface area contributed by atoms with E-state index in [-0.39, 0.29) is 0 Å². The molecule has 1 unspecified atom stereocenters. The van der Waals surface area contributed by atoms with Crippen molar-refractivity contribution in [3.8, 4) is 0 Å². The Hall–Kier alpha value is -1.26. The fourth-order valence-corrected chi connectivity index (χ4v) is 2.90. The predicted molar refractivity (Wildman–Crippen MR) is 85.4 cm³/mol. The van der Waals surface area contributed by atoms with Gasteiger partial charge in [0.25, 0.3) is 0 Å². The van der Waals surface area contributed by atoms with Crippen molar-refractivity contribution in [3.05, 3.63) is 34.9 Å². The molecule has 1 aromatic carbocycles. The molecule has 5 heteroatoms. The highest BCUT2D eigenvalue weighted by molar-refractivity contribution is 6.30. The van der Waals surface area contributed by atoms with E-state index in [4.69, 9.17) is 11.6 Å². The second-order valence-corrected chi connectivity index (χ2v) is 5.45. The Morgan fingerprint density at radius 1 is 1.40 bits per heavy atom. The van der Waals surface area contributed by atoms with Crippen molar-refractivity contribution in [2.24, 2.45) is 4.99 Å². The number of benzene rings is 1. The minimum Gasteiger partial charge on any atom is -0.359 e. The maximum absolute atomic E-state index is 6.14. The largest absolute Gasteiger partial charge is 0.359 e. The van der Waals surface area contributed by atoms with Crippen LogP contribution in [0.1, 0.15) is 24.4 Å². The highest BCUT2D eigenvalue weighted by Gasteiger charge is 2.23. The van der Waals surface area contributed by atoms with Crippen LogP contribution in [0.3, 0.4) is 0 Å². The molecule has 1 aromatic rings. The topological polar surface area (TPSA) is 39.7 Å². The highest BCUT2D eigenvalue weighted by Crippen LogP contribution is 2.26. The fraction of sp³-hybridized carbons (Fsp3) is 0.533. The molecule has 2 rings (SSSR count). The molecule has 2 N–H and O–H groups in total. The number of hydrogen-bond acceptors (Lipinski definition) is 2. The van der Waals surface area contributed by atoms with Gasteiger partial charge in [-0.05, 0) is 43.6 Å². The third-order valence-corrected chi connectivity index (χ3v) is 3.97. The molecule has 1 heterocycles. The maximum atomic E-state index is 6.14. The van der Waals surface area contributed by atoms with Crippen LogP contribution < -0.4 is 10.6 Å². The van der Waals surface area contributed by atoms with E-state index in [1.807, 2.05) is 19.2 Å². The standard InChI is InChI=1S/C15H23ClN4/c1-17-15(18-2)19-11-14(20-8-3-4-9-20)12-6-5-7-13(16)10-12/h5-7,10,14H,3-4,8-9,11H2,1-2H3,(H2,17,18,19). The minimum absolute atomic E-state index is 0.335. The summed E-state index contributed by atoms with van der Waals surface area (Å²) in [5.41, 5.74) is 1.26. The molecule has 0 amide bonds. The van der Waals surface area contributed by atoms with Crippen LogP contribution in [0.4, 0.5) is 0 Å². The van der Waals surface area contributed by atoms with Crippen LogP contribution in [0.25, 0.3) is 0 Å². The number of hydrogen-bond donors (Lipinski definition) is 2. The van der Waals surface area contributed by atoms with E-state index in [9.17, 15) is 0 Å². The molecular weight excluding hydrogens is 272 g/mol. The van der Waals surface area contributed by atoms with Gasteiger partial charge in [0.2, 0.25) is 0 Å². The van der Waals surface area contributed by atoms with E-state index in [1.54, 1.807) is 7.05 Å². The lowest BCUT2D eigenvalue weighted by Gasteiger charge is -2.28. The monoisotopic (exact) mass is 294 g/mol. The van der Waals surface area contributed by atoms with E-state index < -0.39 is 0 Å². The molecule has 0 saturated carbocycles. The number of halogens is 1. The SMILES string of the molecule is CN=C(NC)NCC(c1cccc(Cl)c1)N1CCCC1. The molecule has 20 heavy (non-hydrogen) atoms. The van der Waals surface area contributed by atoms with Crippen molar-refractivity contribution in [2.75, 3.05) is 33.7 Å². The summed E-state index contributed by atoms with van der Waals surface area (Å²) < 4.78 is 0. The van der Waals surface area contributed by atoms with E-state index in [2.05, 4.69) is 32.7 Å². The van der Waals surface area contributed by atoms with Gasteiger partial charge in [-0.1, -0.05) is 23.7 Å². The molecule has 1 aliphatic heterocycles. The smallest absolute Gasteiger partial charge is 0.190 e. The van der Waals surface area contributed by atoms with Gasteiger partial charge in [0, 0.05) is 25.7 Å². The fourth-order valence-electron chi connectivity index (χ4n) is 2.70. The minimum atomic E-state index is 0.335. The van der Waals surface area contributed by atoms with Gasteiger partial charge in [-0.3, -0.25) is 9.89 Å². The molecule has 0 bridgehead atoms. The Kier molecular flexibility index (Phi) is 5.68. The number of nitrogens with zero attached hydrogens (tertiary/aromatic N) is 2. The quantitative estimate of drug-likeness (QED) is 0.661. The summed E-state index contributed by atoms with van der Waals surface area (Å²) in [7, 11) is 3.66. The van der Waals surface area contributed by atoms with Crippen molar-refractivity contribution in [3.63, 3.8) is 0 Å². The van der Waals surface area contributed by atoms with Gasteiger partial charge in [-0.2, -0.15) is 0 Å². The summed E-state index contributed by atoms with van der Waals surface area (Å²) in [5, 5.41) is 7.22. The molecule has 0 aliphatic carbocycles. The normalized spacial score (nSPS) is 18.1. The summed E-state index contributed by atoms with van der Waals surface area (Å²) in [6.07, 6.45) is 2.55. The summed E-state index contributed by atoms with van der Waals surface area (Å²) in [5.74, 6) is 0.816. The summed E-state index contributed by atoms with van der Waals surface area (Å²) >= 11 is 6.14. The van der Waals surface area contributed by atoms with Crippen LogP contribution in [0.2, 0.25) is 5.02 Å². The number of likely N-dealkylation sites (tertiary alicyclic amines) is 1. The van der Waals surface area contributed by atoms with Crippen molar-refractivity contribution < 1.29 is 0 Å². The average Bonchev–Trinajstić information content (AvgIpc) is 2.97. The number of aliphatic imine (C=N–C) groups is 1. The van der Waals surface area contributed by atoms with Crippen LogP contribution in [0.5, 0.6) is 0 Å². The van der Waals surface area contributed by atoms with Crippen LogP contribution >= 0.6 is 11.6 Å². The van der Waals surface area contributed by atoms with Crippen molar-refractivity contribution in [1.82, 2.24) is 15.5 Å². The Labute approximate surface area is 126 Å². The molecule has 110 valence electrons. The first kappa shape index (κ1) is 15.1. The van der Waals surface area contributed by atoms with Crippen molar-refractivity contribution in [1.29, 1.82) is 0 Å². The van der Waals surface area contributed by atoms with Crippen LogP contribution in [0.15, 0.2) is 29.3 Å². The van der Waals surface area contributed by atoms with E-state index >= 15 is 0 Å². The lowest BCUT2D eigenvalue weighted by atomic mass is 10.1. The van der Waals surface area contributed by atoms with E-state index in [0.29, 0.717) is 6.04 Å². The molecule has 1 fully saturated rings.